The maximum Gasteiger partial charge on any atom is 0.160 e. The topological polar surface area (TPSA) is 38.9 Å². The van der Waals surface area contributed by atoms with E-state index in [0.29, 0.717) is 5.82 Å². The smallest absolute Gasteiger partial charge is 0.160 e. The summed E-state index contributed by atoms with van der Waals surface area (Å²) in [6.45, 7) is 0. The minimum absolute atomic E-state index is 0.696. The van der Waals surface area contributed by atoms with Crippen LogP contribution in [-0.2, 0) is 0 Å². The van der Waals surface area contributed by atoms with E-state index in [1.54, 1.807) is 0 Å². The van der Waals surface area contributed by atoms with Crippen LogP contribution in [-0.4, -0.2) is 9.97 Å². The van der Waals surface area contributed by atoms with E-state index in [4.69, 9.17) is 14.4 Å². The summed E-state index contributed by atoms with van der Waals surface area (Å²) in [5.41, 5.74) is 11.1. The van der Waals surface area contributed by atoms with Crippen LogP contribution in [0.2, 0.25) is 0 Å². The van der Waals surface area contributed by atoms with Crippen molar-refractivity contribution in [1.82, 2.24) is 9.97 Å². The molecule has 11 rings (SSSR count). The molecule has 0 bridgehead atoms. The number of rotatable bonds is 5. The highest BCUT2D eigenvalue weighted by Gasteiger charge is 2.15. The van der Waals surface area contributed by atoms with Crippen LogP contribution in [0, 0.1) is 0 Å². The Labute approximate surface area is 317 Å². The van der Waals surface area contributed by atoms with Gasteiger partial charge in [-0.05, 0) is 67.2 Å². The van der Waals surface area contributed by atoms with Crippen LogP contribution >= 0.6 is 0 Å². The summed E-state index contributed by atoms with van der Waals surface area (Å²) in [7, 11) is 0. The number of para-hydroxylation sites is 2. The number of nitrogens with zero attached hydrogens (tertiary/aromatic N) is 2. The fourth-order valence-corrected chi connectivity index (χ4v) is 8.18. The first-order valence-electron chi connectivity index (χ1n) is 18.6. The van der Waals surface area contributed by atoms with E-state index >= 15 is 0 Å². The molecule has 11 aromatic rings. The van der Waals surface area contributed by atoms with Crippen molar-refractivity contribution in [2.45, 2.75) is 0 Å². The normalized spacial score (nSPS) is 11.6. The average Bonchev–Trinajstić information content (AvgIpc) is 3.66. The Balaban J connectivity index is 0.975. The molecule has 0 N–H and O–H groups in total. The van der Waals surface area contributed by atoms with Gasteiger partial charge < -0.3 is 4.42 Å². The predicted octanol–water partition coefficient (Wildman–Crippen LogP) is 14.2. The summed E-state index contributed by atoms with van der Waals surface area (Å²) in [6, 6.07) is 68.6. The summed E-state index contributed by atoms with van der Waals surface area (Å²) in [5.74, 6) is 0.696. The van der Waals surface area contributed by atoms with Crippen molar-refractivity contribution >= 4 is 54.3 Å². The van der Waals surface area contributed by atoms with Gasteiger partial charge in [-0.1, -0.05) is 176 Å². The van der Waals surface area contributed by atoms with E-state index in [2.05, 4.69) is 164 Å². The van der Waals surface area contributed by atoms with Crippen molar-refractivity contribution in [2.24, 2.45) is 0 Å². The predicted molar refractivity (Wildman–Crippen MR) is 229 cm³/mol. The van der Waals surface area contributed by atoms with Crippen molar-refractivity contribution in [3.63, 3.8) is 0 Å². The molecular weight excluding hydrogens is 669 g/mol. The highest BCUT2D eigenvalue weighted by atomic mass is 16.3. The zero-order valence-electron chi connectivity index (χ0n) is 29.8. The van der Waals surface area contributed by atoms with Crippen LogP contribution in [0.25, 0.3) is 110 Å². The van der Waals surface area contributed by atoms with Gasteiger partial charge in [-0.15, -0.1) is 0 Å². The van der Waals surface area contributed by atoms with Gasteiger partial charge in [0.25, 0.3) is 0 Å². The third kappa shape index (κ3) is 5.28. The molecule has 0 atom stereocenters. The Bertz CT molecular complexity index is 3200. The highest BCUT2D eigenvalue weighted by molar-refractivity contribution is 6.25. The van der Waals surface area contributed by atoms with Gasteiger partial charge in [0.1, 0.15) is 11.2 Å². The molecule has 0 aliphatic heterocycles. The SMILES string of the molecule is c1ccc(-c2nc(-c3ccc(-c4ccc5c6ccccc6c6ccccc6c5c4)cc3)cc(-c3ccc(-c4cccc5c4oc4ccccc45)cc3)n2)cc1. The van der Waals surface area contributed by atoms with Gasteiger partial charge >= 0.3 is 0 Å². The number of aromatic nitrogens is 2. The minimum Gasteiger partial charge on any atom is -0.455 e. The first-order valence-corrected chi connectivity index (χ1v) is 18.6. The van der Waals surface area contributed by atoms with Crippen molar-refractivity contribution in [2.75, 3.05) is 0 Å². The van der Waals surface area contributed by atoms with Gasteiger partial charge in [-0.2, -0.15) is 0 Å². The van der Waals surface area contributed by atoms with Crippen LogP contribution in [0.15, 0.2) is 199 Å². The fourth-order valence-electron chi connectivity index (χ4n) is 8.18. The fraction of sp³-hybridized carbons (Fsp3) is 0. The largest absolute Gasteiger partial charge is 0.455 e. The lowest BCUT2D eigenvalue weighted by atomic mass is 9.92. The Morgan fingerprint density at radius 3 is 1.44 bits per heavy atom. The van der Waals surface area contributed by atoms with Crippen molar-refractivity contribution in [3.8, 4) is 56.2 Å². The molecule has 0 unspecified atom stereocenters. The molecule has 0 radical (unpaired) electrons. The highest BCUT2D eigenvalue weighted by Crippen LogP contribution is 2.39. The van der Waals surface area contributed by atoms with Crippen LogP contribution in [0.5, 0.6) is 0 Å². The molecule has 3 nitrogen and oxygen atoms in total. The molecule has 0 saturated carbocycles. The van der Waals surface area contributed by atoms with Crippen molar-refractivity contribution in [3.05, 3.63) is 194 Å². The molecule has 2 heterocycles. The molecule has 256 valence electrons. The van der Waals surface area contributed by atoms with E-state index in [1.165, 1.54) is 37.9 Å². The van der Waals surface area contributed by atoms with Crippen LogP contribution in [0.3, 0.4) is 0 Å². The van der Waals surface area contributed by atoms with E-state index in [9.17, 15) is 0 Å². The van der Waals surface area contributed by atoms with E-state index in [1.807, 2.05) is 30.3 Å². The number of hydrogen-bond donors (Lipinski definition) is 0. The Hall–Kier alpha value is -7.36. The Morgan fingerprint density at radius 2 is 0.782 bits per heavy atom. The molecule has 0 amide bonds. The zero-order valence-corrected chi connectivity index (χ0v) is 29.8. The van der Waals surface area contributed by atoms with Crippen molar-refractivity contribution < 1.29 is 4.42 Å². The number of hydrogen-bond acceptors (Lipinski definition) is 3. The van der Waals surface area contributed by atoms with E-state index in [-0.39, 0.29) is 0 Å². The first-order chi connectivity index (χ1) is 27.2. The summed E-state index contributed by atoms with van der Waals surface area (Å²) >= 11 is 0. The molecule has 0 fully saturated rings. The summed E-state index contributed by atoms with van der Waals surface area (Å²) in [6.07, 6.45) is 0. The summed E-state index contributed by atoms with van der Waals surface area (Å²) < 4.78 is 6.35. The van der Waals surface area contributed by atoms with Crippen LogP contribution in [0.1, 0.15) is 0 Å². The quantitative estimate of drug-likeness (QED) is 0.168. The van der Waals surface area contributed by atoms with E-state index in [0.717, 1.165) is 66.7 Å². The second-order valence-electron chi connectivity index (χ2n) is 14.1. The Morgan fingerprint density at radius 1 is 0.291 bits per heavy atom. The average molecular weight is 701 g/mol. The standard InChI is InChI=1S/C52H32N2O/c1-2-11-37(12-3-1)52-53-48(32-49(54-52)36-27-23-34(24-28-36)39-18-10-19-46-45-17-8-9-20-50(45)55-51(39)46)35-25-21-33(22-26-35)38-29-30-44-42-15-5-4-13-40(42)41-14-6-7-16-43(41)47(44)31-38/h1-32H. The second kappa shape index (κ2) is 12.6. The number of fused-ring (bicyclic) bond motifs is 9. The summed E-state index contributed by atoms with van der Waals surface area (Å²) in [4.78, 5) is 10.2. The molecule has 3 heteroatoms. The van der Waals surface area contributed by atoms with Gasteiger partial charge in [-0.3, -0.25) is 0 Å². The lowest BCUT2D eigenvalue weighted by Crippen LogP contribution is -1.96. The summed E-state index contributed by atoms with van der Waals surface area (Å²) in [5, 5.41) is 9.93. The van der Waals surface area contributed by atoms with Gasteiger partial charge in [0.15, 0.2) is 5.82 Å². The maximum atomic E-state index is 6.35. The maximum absolute atomic E-state index is 6.35. The van der Waals surface area contributed by atoms with Crippen LogP contribution < -0.4 is 0 Å². The number of benzene rings is 9. The Kier molecular flexibility index (Phi) is 7.17. The third-order valence-electron chi connectivity index (χ3n) is 10.9. The molecule has 2 aromatic heterocycles. The molecular formula is C52H32N2O. The monoisotopic (exact) mass is 700 g/mol. The molecule has 0 saturated heterocycles. The molecule has 0 aliphatic rings. The number of furan rings is 1. The minimum atomic E-state index is 0.696. The lowest BCUT2D eigenvalue weighted by Gasteiger charge is -2.13. The van der Waals surface area contributed by atoms with Crippen LogP contribution in [0.4, 0.5) is 0 Å². The molecule has 0 aliphatic carbocycles. The van der Waals surface area contributed by atoms with Gasteiger partial charge in [0.05, 0.1) is 11.4 Å². The van der Waals surface area contributed by atoms with Gasteiger partial charge in [0.2, 0.25) is 0 Å². The van der Waals surface area contributed by atoms with Crippen molar-refractivity contribution in [1.29, 1.82) is 0 Å². The lowest BCUT2D eigenvalue weighted by molar-refractivity contribution is 0.670. The molecule has 0 spiro atoms. The van der Waals surface area contributed by atoms with E-state index < -0.39 is 0 Å². The van der Waals surface area contributed by atoms with Gasteiger partial charge in [0, 0.05) is 33.0 Å². The van der Waals surface area contributed by atoms with Gasteiger partial charge in [-0.25, -0.2) is 9.97 Å². The zero-order chi connectivity index (χ0) is 36.3. The first kappa shape index (κ1) is 31.2. The third-order valence-corrected chi connectivity index (χ3v) is 10.9. The molecule has 55 heavy (non-hydrogen) atoms. The second-order valence-corrected chi connectivity index (χ2v) is 14.1. The molecule has 9 aromatic carbocycles.